The van der Waals surface area contributed by atoms with E-state index in [1.165, 1.54) is 11.8 Å². The number of thioether (sulfide) groups is 1. The van der Waals surface area contributed by atoms with Crippen molar-refractivity contribution < 1.29 is 24.6 Å². The number of rotatable bonds is 10. The van der Waals surface area contributed by atoms with Crippen molar-refractivity contribution in [3.05, 3.63) is 0 Å². The Morgan fingerprint density at radius 1 is 1.18 bits per heavy atom. The van der Waals surface area contributed by atoms with Gasteiger partial charge in [-0.2, -0.15) is 0 Å². The average Bonchev–Trinajstić information content (AvgIpc) is 2.50. The van der Waals surface area contributed by atoms with Gasteiger partial charge in [0.05, 0.1) is 6.61 Å². The largest absolute Gasteiger partial charge is 0.396 e. The van der Waals surface area contributed by atoms with E-state index in [2.05, 4.69) is 10.6 Å². The van der Waals surface area contributed by atoms with Crippen molar-refractivity contribution in [2.75, 3.05) is 25.4 Å². The summed E-state index contributed by atoms with van der Waals surface area (Å²) in [6, 6.07) is 0. The van der Waals surface area contributed by atoms with Crippen molar-refractivity contribution in [3.8, 4) is 0 Å². The maximum Gasteiger partial charge on any atom is 0.249 e. The maximum atomic E-state index is 11.7. The van der Waals surface area contributed by atoms with Crippen molar-refractivity contribution in [1.29, 1.82) is 0 Å². The van der Waals surface area contributed by atoms with Crippen molar-refractivity contribution in [2.24, 2.45) is 5.41 Å². The van der Waals surface area contributed by atoms with E-state index in [1.54, 1.807) is 20.8 Å². The first-order chi connectivity index (χ1) is 10.2. The first kappa shape index (κ1) is 20.9. The second-order valence-corrected chi connectivity index (χ2v) is 6.67. The monoisotopic (exact) mass is 334 g/mol. The summed E-state index contributed by atoms with van der Waals surface area (Å²) >= 11 is 1.18. The van der Waals surface area contributed by atoms with Gasteiger partial charge < -0.3 is 20.8 Å². The first-order valence-corrected chi connectivity index (χ1v) is 8.22. The number of hydrogen-bond acceptors (Lipinski definition) is 6. The summed E-state index contributed by atoms with van der Waals surface area (Å²) in [6.07, 6.45) is -0.779. The number of hydrogen-bond donors (Lipinski definition) is 4. The summed E-state index contributed by atoms with van der Waals surface area (Å²) in [5.41, 5.74) is -0.935. The Bertz CT molecular complexity index is 387. The molecule has 2 amide bonds. The number of nitrogens with one attached hydrogen (secondary N) is 2. The summed E-state index contributed by atoms with van der Waals surface area (Å²) in [5, 5.41) is 24.0. The van der Waals surface area contributed by atoms with Crippen LogP contribution in [-0.4, -0.2) is 58.7 Å². The Kier molecular flexibility index (Phi) is 10.0. The van der Waals surface area contributed by atoms with Crippen LogP contribution in [0.1, 0.15) is 33.6 Å². The summed E-state index contributed by atoms with van der Waals surface area (Å²) in [7, 11) is 0. The quantitative estimate of drug-likeness (QED) is 0.406. The molecule has 0 aromatic carbocycles. The highest BCUT2D eigenvalue weighted by atomic mass is 32.2. The SMILES string of the molecule is CCC(=O)SCCNC(=O)CCNC(=O)[C@H](O)C(C)(C)CO. The van der Waals surface area contributed by atoms with E-state index < -0.39 is 17.4 Å². The number of aliphatic hydroxyl groups is 2. The molecule has 0 saturated heterocycles. The molecule has 0 aromatic rings. The minimum atomic E-state index is -1.34. The lowest BCUT2D eigenvalue weighted by Gasteiger charge is -2.27. The molecule has 0 spiro atoms. The molecule has 7 nitrogen and oxygen atoms in total. The van der Waals surface area contributed by atoms with Crippen molar-refractivity contribution in [3.63, 3.8) is 0 Å². The molecule has 1 atom stereocenters. The van der Waals surface area contributed by atoms with Gasteiger partial charge in [-0.15, -0.1) is 0 Å². The van der Waals surface area contributed by atoms with Crippen LogP contribution in [0.4, 0.5) is 0 Å². The number of carbonyl (C=O) groups is 3. The van der Waals surface area contributed by atoms with Crippen LogP contribution in [0.15, 0.2) is 0 Å². The Morgan fingerprint density at radius 3 is 2.36 bits per heavy atom. The van der Waals surface area contributed by atoms with Crippen LogP contribution >= 0.6 is 11.8 Å². The second kappa shape index (κ2) is 10.6. The van der Waals surface area contributed by atoms with Gasteiger partial charge in [0.25, 0.3) is 0 Å². The smallest absolute Gasteiger partial charge is 0.249 e. The first-order valence-electron chi connectivity index (χ1n) is 7.23. The lowest BCUT2D eigenvalue weighted by atomic mass is 9.87. The molecule has 0 fully saturated rings. The lowest BCUT2D eigenvalue weighted by Crippen LogP contribution is -2.46. The second-order valence-electron chi connectivity index (χ2n) is 5.51. The fraction of sp³-hybridized carbons (Fsp3) is 0.786. The van der Waals surface area contributed by atoms with Crippen LogP contribution in [0.25, 0.3) is 0 Å². The third kappa shape index (κ3) is 8.35. The number of carbonyl (C=O) groups excluding carboxylic acids is 3. The van der Waals surface area contributed by atoms with Gasteiger partial charge in [0.2, 0.25) is 11.8 Å². The van der Waals surface area contributed by atoms with Crippen LogP contribution in [0.2, 0.25) is 0 Å². The average molecular weight is 334 g/mol. The predicted molar refractivity (Wildman–Crippen MR) is 85.3 cm³/mol. The highest BCUT2D eigenvalue weighted by Gasteiger charge is 2.32. The third-order valence-electron chi connectivity index (χ3n) is 3.02. The summed E-state index contributed by atoms with van der Waals surface area (Å²) in [4.78, 5) is 34.2. The number of aliphatic hydroxyl groups excluding tert-OH is 2. The van der Waals surface area contributed by atoms with Crippen LogP contribution in [0, 0.1) is 5.41 Å². The molecule has 128 valence electrons. The van der Waals surface area contributed by atoms with Gasteiger partial charge in [0.1, 0.15) is 6.10 Å². The molecule has 0 aromatic heterocycles. The van der Waals surface area contributed by atoms with Crippen molar-refractivity contribution >= 4 is 28.7 Å². The zero-order valence-corrected chi connectivity index (χ0v) is 14.2. The molecule has 0 aliphatic heterocycles. The molecule has 0 heterocycles. The Hall–Kier alpha value is -1.12. The standard InChI is InChI=1S/C14H26N2O5S/c1-4-11(19)22-8-7-15-10(18)5-6-16-13(21)12(20)14(2,3)9-17/h12,17,20H,4-9H2,1-3H3,(H,15,18)(H,16,21)/t12-/m0/s1. The van der Waals surface area contributed by atoms with E-state index in [9.17, 15) is 19.5 Å². The van der Waals surface area contributed by atoms with Crippen LogP contribution in [0.3, 0.4) is 0 Å². The van der Waals surface area contributed by atoms with Gasteiger partial charge in [0, 0.05) is 37.1 Å². The zero-order valence-electron chi connectivity index (χ0n) is 13.3. The molecular weight excluding hydrogens is 308 g/mol. The van der Waals surface area contributed by atoms with E-state index in [-0.39, 0.29) is 30.6 Å². The summed E-state index contributed by atoms with van der Waals surface area (Å²) in [6.45, 7) is 5.09. The van der Waals surface area contributed by atoms with E-state index in [1.807, 2.05) is 0 Å². The lowest BCUT2D eigenvalue weighted by molar-refractivity contribution is -0.137. The van der Waals surface area contributed by atoms with Crippen LogP contribution < -0.4 is 10.6 Å². The van der Waals surface area contributed by atoms with E-state index in [4.69, 9.17) is 5.11 Å². The molecule has 0 aliphatic rings. The molecule has 0 unspecified atom stereocenters. The normalized spacial score (nSPS) is 12.6. The van der Waals surface area contributed by atoms with Gasteiger partial charge >= 0.3 is 0 Å². The highest BCUT2D eigenvalue weighted by Crippen LogP contribution is 2.19. The third-order valence-corrected chi connectivity index (χ3v) is 4.04. The molecule has 0 radical (unpaired) electrons. The molecule has 0 aliphatic carbocycles. The van der Waals surface area contributed by atoms with Gasteiger partial charge in [-0.3, -0.25) is 14.4 Å². The summed E-state index contributed by atoms with van der Waals surface area (Å²) in [5.74, 6) is -0.328. The van der Waals surface area contributed by atoms with Crippen molar-refractivity contribution in [1.82, 2.24) is 10.6 Å². The maximum absolute atomic E-state index is 11.7. The van der Waals surface area contributed by atoms with Gasteiger partial charge in [-0.1, -0.05) is 32.5 Å². The molecule has 0 saturated carbocycles. The minimum Gasteiger partial charge on any atom is -0.396 e. The fourth-order valence-electron chi connectivity index (χ4n) is 1.38. The zero-order chi connectivity index (χ0) is 17.2. The Labute approximate surface area is 135 Å². The molecule has 0 bridgehead atoms. The molecule has 8 heteroatoms. The van der Waals surface area contributed by atoms with Crippen LogP contribution in [-0.2, 0) is 14.4 Å². The fourth-order valence-corrected chi connectivity index (χ4v) is 2.02. The van der Waals surface area contributed by atoms with E-state index in [0.29, 0.717) is 18.7 Å². The highest BCUT2D eigenvalue weighted by molar-refractivity contribution is 8.13. The van der Waals surface area contributed by atoms with Gasteiger partial charge in [-0.25, -0.2) is 0 Å². The van der Waals surface area contributed by atoms with E-state index in [0.717, 1.165) is 0 Å². The molecule has 4 N–H and O–H groups in total. The Balaban J connectivity index is 3.84. The Morgan fingerprint density at radius 2 is 1.82 bits per heavy atom. The number of amides is 2. The topological polar surface area (TPSA) is 116 Å². The van der Waals surface area contributed by atoms with Crippen molar-refractivity contribution in [2.45, 2.75) is 39.7 Å². The minimum absolute atomic E-state index is 0.0852. The summed E-state index contributed by atoms with van der Waals surface area (Å²) < 4.78 is 0. The van der Waals surface area contributed by atoms with Gasteiger partial charge in [0.15, 0.2) is 5.12 Å². The van der Waals surface area contributed by atoms with Crippen LogP contribution in [0.5, 0.6) is 0 Å². The molecule has 22 heavy (non-hydrogen) atoms. The molecule has 0 rings (SSSR count). The van der Waals surface area contributed by atoms with E-state index >= 15 is 0 Å². The predicted octanol–water partition coefficient (Wildman–Crippen LogP) is -0.342. The van der Waals surface area contributed by atoms with Gasteiger partial charge in [-0.05, 0) is 0 Å². The molecular formula is C14H26N2O5S.